The number of nitrogens with one attached hydrogen (secondary N) is 2. The molecule has 0 spiro atoms. The van der Waals surface area contributed by atoms with Crippen molar-refractivity contribution in [2.24, 2.45) is 0 Å². The minimum Gasteiger partial charge on any atom is -0.497 e. The van der Waals surface area contributed by atoms with Crippen molar-refractivity contribution in [2.75, 3.05) is 25.6 Å². The second kappa shape index (κ2) is 9.68. The van der Waals surface area contributed by atoms with Gasteiger partial charge in [0, 0.05) is 11.6 Å². The Morgan fingerprint density at radius 1 is 1.08 bits per heavy atom. The van der Waals surface area contributed by atoms with E-state index in [2.05, 4.69) is 10.6 Å². The van der Waals surface area contributed by atoms with E-state index in [1.165, 1.54) is 6.07 Å². The minimum absolute atomic E-state index is 0.200. The first-order chi connectivity index (χ1) is 12.5. The largest absolute Gasteiger partial charge is 0.497 e. The minimum atomic E-state index is -0.396. The van der Waals surface area contributed by atoms with Gasteiger partial charge >= 0.3 is 0 Å². The molecule has 0 radical (unpaired) electrons. The van der Waals surface area contributed by atoms with Crippen molar-refractivity contribution in [1.29, 1.82) is 0 Å². The second-order valence-electron chi connectivity index (χ2n) is 5.46. The van der Waals surface area contributed by atoms with Gasteiger partial charge in [0.25, 0.3) is 11.8 Å². The summed E-state index contributed by atoms with van der Waals surface area (Å²) in [4.78, 5) is 24.4. The standard InChI is InChI=1S/C19H21ClN2O4/c1-3-10-21-19(24)16-9-4-13(20)11-17(16)22-18(23)12-26-15-7-5-14(25-2)6-8-15/h4-9,11H,3,10,12H2,1-2H3,(H,21,24)(H,22,23). The molecular formula is C19H21ClN2O4. The molecule has 0 atom stereocenters. The first-order valence-corrected chi connectivity index (χ1v) is 8.55. The van der Waals surface area contributed by atoms with Crippen LogP contribution in [0.4, 0.5) is 5.69 Å². The number of hydrogen-bond donors (Lipinski definition) is 2. The number of anilines is 1. The van der Waals surface area contributed by atoms with Crippen molar-refractivity contribution >= 4 is 29.1 Å². The number of ether oxygens (including phenoxy) is 2. The molecule has 0 unspecified atom stereocenters. The summed E-state index contributed by atoms with van der Waals surface area (Å²) in [6, 6.07) is 11.6. The first kappa shape index (κ1) is 19.6. The molecule has 0 aliphatic carbocycles. The van der Waals surface area contributed by atoms with E-state index in [1.807, 2.05) is 6.92 Å². The lowest BCUT2D eigenvalue weighted by Gasteiger charge is -2.12. The van der Waals surface area contributed by atoms with Gasteiger partial charge in [0.15, 0.2) is 6.61 Å². The third-order valence-corrected chi connectivity index (χ3v) is 3.70. The molecule has 26 heavy (non-hydrogen) atoms. The van der Waals surface area contributed by atoms with Crippen LogP contribution in [0.15, 0.2) is 42.5 Å². The van der Waals surface area contributed by atoms with Crippen molar-refractivity contribution in [2.45, 2.75) is 13.3 Å². The number of rotatable bonds is 8. The molecule has 0 aliphatic heterocycles. The van der Waals surface area contributed by atoms with Gasteiger partial charge in [0.2, 0.25) is 0 Å². The summed E-state index contributed by atoms with van der Waals surface area (Å²) >= 11 is 5.98. The van der Waals surface area contributed by atoms with Crippen molar-refractivity contribution in [3.63, 3.8) is 0 Å². The molecule has 2 aromatic carbocycles. The Kier molecular flexibility index (Phi) is 7.29. The fraction of sp³-hybridized carbons (Fsp3) is 0.263. The van der Waals surface area contributed by atoms with Crippen molar-refractivity contribution < 1.29 is 19.1 Å². The SMILES string of the molecule is CCCNC(=O)c1ccc(Cl)cc1NC(=O)COc1ccc(OC)cc1. The highest BCUT2D eigenvalue weighted by Gasteiger charge is 2.14. The molecule has 0 aliphatic rings. The molecule has 0 heterocycles. The third-order valence-electron chi connectivity index (χ3n) is 3.47. The van der Waals surface area contributed by atoms with Gasteiger partial charge in [-0.15, -0.1) is 0 Å². The zero-order valence-electron chi connectivity index (χ0n) is 14.7. The zero-order valence-corrected chi connectivity index (χ0v) is 15.4. The summed E-state index contributed by atoms with van der Waals surface area (Å²) in [6.07, 6.45) is 0.816. The molecule has 0 fully saturated rings. The van der Waals surface area contributed by atoms with Gasteiger partial charge in [-0.05, 0) is 48.9 Å². The van der Waals surface area contributed by atoms with E-state index in [1.54, 1.807) is 43.5 Å². The Morgan fingerprint density at radius 3 is 2.42 bits per heavy atom. The molecule has 0 saturated carbocycles. The molecule has 2 amide bonds. The first-order valence-electron chi connectivity index (χ1n) is 8.18. The number of hydrogen-bond acceptors (Lipinski definition) is 4. The van der Waals surface area contributed by atoms with Crippen molar-refractivity contribution in [3.8, 4) is 11.5 Å². The molecule has 0 saturated heterocycles. The van der Waals surface area contributed by atoms with Crippen molar-refractivity contribution in [1.82, 2.24) is 5.32 Å². The van der Waals surface area contributed by atoms with Crippen LogP contribution in [-0.4, -0.2) is 32.1 Å². The third kappa shape index (κ3) is 5.67. The molecule has 2 rings (SSSR count). The Hall–Kier alpha value is -2.73. The van der Waals surface area contributed by atoms with Gasteiger partial charge in [-0.3, -0.25) is 9.59 Å². The van der Waals surface area contributed by atoms with Crippen LogP contribution >= 0.6 is 11.6 Å². The average Bonchev–Trinajstić information content (AvgIpc) is 2.65. The van der Waals surface area contributed by atoms with E-state index in [4.69, 9.17) is 21.1 Å². The van der Waals surface area contributed by atoms with Gasteiger partial charge in [-0.1, -0.05) is 18.5 Å². The summed E-state index contributed by atoms with van der Waals surface area (Å²) in [5.74, 6) is 0.568. The number of methoxy groups -OCH3 is 1. The van der Waals surface area contributed by atoms with E-state index in [-0.39, 0.29) is 12.5 Å². The van der Waals surface area contributed by atoms with E-state index in [9.17, 15) is 9.59 Å². The summed E-state index contributed by atoms with van der Waals surface area (Å²) in [6.45, 7) is 2.31. The van der Waals surface area contributed by atoms with Crippen LogP contribution in [0.5, 0.6) is 11.5 Å². The maximum Gasteiger partial charge on any atom is 0.262 e. The molecule has 6 nitrogen and oxygen atoms in total. The van der Waals surface area contributed by atoms with E-state index in [0.717, 1.165) is 6.42 Å². The summed E-state index contributed by atoms with van der Waals surface area (Å²) in [5.41, 5.74) is 0.690. The number of halogens is 1. The molecule has 2 aromatic rings. The second-order valence-corrected chi connectivity index (χ2v) is 5.89. The Morgan fingerprint density at radius 2 is 1.77 bits per heavy atom. The van der Waals surface area contributed by atoms with Crippen LogP contribution < -0.4 is 20.1 Å². The topological polar surface area (TPSA) is 76.7 Å². The summed E-state index contributed by atoms with van der Waals surface area (Å²) in [5, 5.41) is 5.86. The van der Waals surface area contributed by atoms with E-state index in [0.29, 0.717) is 34.3 Å². The predicted molar refractivity (Wildman–Crippen MR) is 101 cm³/mol. The number of carbonyl (C=O) groups is 2. The normalized spacial score (nSPS) is 10.1. The highest BCUT2D eigenvalue weighted by atomic mass is 35.5. The number of amides is 2. The molecule has 138 valence electrons. The van der Waals surface area contributed by atoms with E-state index >= 15 is 0 Å². The zero-order chi connectivity index (χ0) is 18.9. The quantitative estimate of drug-likeness (QED) is 0.739. The molecule has 7 heteroatoms. The number of carbonyl (C=O) groups excluding carboxylic acids is 2. The summed E-state index contributed by atoms with van der Waals surface area (Å²) < 4.78 is 10.5. The predicted octanol–water partition coefficient (Wildman–Crippen LogP) is 3.51. The van der Waals surface area contributed by atoms with Gasteiger partial charge in [0.05, 0.1) is 18.4 Å². The highest BCUT2D eigenvalue weighted by molar-refractivity contribution is 6.31. The van der Waals surface area contributed by atoms with Gasteiger partial charge < -0.3 is 20.1 Å². The molecular weight excluding hydrogens is 356 g/mol. The fourth-order valence-electron chi connectivity index (χ4n) is 2.16. The molecule has 0 aromatic heterocycles. The van der Waals surface area contributed by atoms with Crippen LogP contribution in [0.3, 0.4) is 0 Å². The highest BCUT2D eigenvalue weighted by Crippen LogP contribution is 2.22. The van der Waals surface area contributed by atoms with Crippen LogP contribution in [0, 0.1) is 0 Å². The lowest BCUT2D eigenvalue weighted by molar-refractivity contribution is -0.118. The number of benzene rings is 2. The Bertz CT molecular complexity index is 763. The maximum absolute atomic E-state index is 12.2. The lowest BCUT2D eigenvalue weighted by Crippen LogP contribution is -2.27. The lowest BCUT2D eigenvalue weighted by atomic mass is 10.1. The van der Waals surface area contributed by atoms with Crippen molar-refractivity contribution in [3.05, 3.63) is 53.1 Å². The van der Waals surface area contributed by atoms with Crippen LogP contribution in [0.1, 0.15) is 23.7 Å². The smallest absolute Gasteiger partial charge is 0.262 e. The maximum atomic E-state index is 12.2. The monoisotopic (exact) mass is 376 g/mol. The van der Waals surface area contributed by atoms with Crippen LogP contribution in [0.25, 0.3) is 0 Å². The van der Waals surface area contributed by atoms with Gasteiger partial charge in [-0.2, -0.15) is 0 Å². The van der Waals surface area contributed by atoms with Gasteiger partial charge in [-0.25, -0.2) is 0 Å². The summed E-state index contributed by atoms with van der Waals surface area (Å²) in [7, 11) is 1.57. The fourth-order valence-corrected chi connectivity index (χ4v) is 2.33. The average molecular weight is 377 g/mol. The molecule has 0 bridgehead atoms. The van der Waals surface area contributed by atoms with Crippen LogP contribution in [0.2, 0.25) is 5.02 Å². The Labute approximate surface area is 157 Å². The Balaban J connectivity index is 2.00. The van der Waals surface area contributed by atoms with E-state index < -0.39 is 5.91 Å². The van der Waals surface area contributed by atoms with Crippen LogP contribution in [-0.2, 0) is 4.79 Å². The molecule has 2 N–H and O–H groups in total. The van der Waals surface area contributed by atoms with Gasteiger partial charge in [0.1, 0.15) is 11.5 Å².